The number of amides is 1. The summed E-state index contributed by atoms with van der Waals surface area (Å²) in [4.78, 5) is 21.8. The normalized spacial score (nSPS) is 14.6. The molecule has 6 nitrogen and oxygen atoms in total. The molecular weight excluding hydrogens is 429 g/mol. The summed E-state index contributed by atoms with van der Waals surface area (Å²) in [5, 5.41) is 5.65. The van der Waals surface area contributed by atoms with Crippen molar-refractivity contribution in [2.24, 2.45) is 0 Å². The van der Waals surface area contributed by atoms with Gasteiger partial charge in [-0.2, -0.15) is 5.10 Å². The van der Waals surface area contributed by atoms with E-state index in [9.17, 15) is 9.18 Å². The van der Waals surface area contributed by atoms with Gasteiger partial charge in [-0.3, -0.25) is 9.69 Å². The maximum atomic E-state index is 13.5. The highest BCUT2D eigenvalue weighted by molar-refractivity contribution is 5.95. The minimum Gasteiger partial charge on any atom is -0.339 e. The predicted octanol–water partition coefficient (Wildman–Crippen LogP) is 4.20. The van der Waals surface area contributed by atoms with Crippen LogP contribution in [0.5, 0.6) is 0 Å². The Morgan fingerprint density at radius 3 is 2.50 bits per heavy atom. The molecule has 0 saturated carbocycles. The highest BCUT2D eigenvalue weighted by Gasteiger charge is 2.23. The van der Waals surface area contributed by atoms with Crippen LogP contribution >= 0.6 is 0 Å². The molecule has 0 radical (unpaired) electrons. The van der Waals surface area contributed by atoms with Gasteiger partial charge in [-0.05, 0) is 48.7 Å². The van der Waals surface area contributed by atoms with E-state index in [2.05, 4.69) is 46.2 Å². The summed E-state index contributed by atoms with van der Waals surface area (Å²) < 4.78 is 15.2. The number of aromatic nitrogens is 3. The van der Waals surface area contributed by atoms with E-state index >= 15 is 0 Å². The zero-order chi connectivity index (χ0) is 23.7. The molecule has 174 valence electrons. The number of benzene rings is 2. The topological polar surface area (TPSA) is 54.3 Å². The molecule has 1 amide bonds. The summed E-state index contributed by atoms with van der Waals surface area (Å²) in [6.07, 6.45) is 1.78. The van der Waals surface area contributed by atoms with E-state index in [1.54, 1.807) is 23.0 Å². The number of fused-ring (bicyclic) bond motifs is 1. The van der Waals surface area contributed by atoms with Gasteiger partial charge in [0, 0.05) is 44.3 Å². The van der Waals surface area contributed by atoms with Gasteiger partial charge in [-0.15, -0.1) is 0 Å². The Morgan fingerprint density at radius 2 is 1.76 bits per heavy atom. The third-order valence-electron chi connectivity index (χ3n) is 6.48. The molecule has 0 bridgehead atoms. The highest BCUT2D eigenvalue weighted by Crippen LogP contribution is 2.30. The number of rotatable bonds is 5. The first-order valence-electron chi connectivity index (χ1n) is 11.6. The Kier molecular flexibility index (Phi) is 6.11. The molecule has 7 heteroatoms. The van der Waals surface area contributed by atoms with Crippen LogP contribution < -0.4 is 0 Å². The molecule has 0 unspecified atom stereocenters. The van der Waals surface area contributed by atoms with Gasteiger partial charge >= 0.3 is 0 Å². The van der Waals surface area contributed by atoms with E-state index in [4.69, 9.17) is 0 Å². The SMILES string of the molecule is Cc1ccc(-c2ccnc3c2c(C)nn3CC(=O)N2CCN(Cc3cccc(F)c3)CC2)cc1. The average Bonchev–Trinajstić information content (AvgIpc) is 3.15. The van der Waals surface area contributed by atoms with E-state index in [0.29, 0.717) is 19.6 Å². The summed E-state index contributed by atoms with van der Waals surface area (Å²) in [6, 6.07) is 17.1. The second kappa shape index (κ2) is 9.35. The first-order valence-corrected chi connectivity index (χ1v) is 11.6. The molecule has 0 atom stereocenters. The van der Waals surface area contributed by atoms with Gasteiger partial charge in [-0.25, -0.2) is 14.1 Å². The number of halogens is 1. The van der Waals surface area contributed by atoms with E-state index in [1.807, 2.05) is 24.0 Å². The lowest BCUT2D eigenvalue weighted by molar-refractivity contribution is -0.133. The van der Waals surface area contributed by atoms with E-state index < -0.39 is 0 Å². The zero-order valence-corrected chi connectivity index (χ0v) is 19.5. The Bertz CT molecular complexity index is 1320. The fraction of sp³-hybridized carbons (Fsp3) is 0.296. The molecule has 3 heterocycles. The number of piperazine rings is 1. The number of hydrogen-bond acceptors (Lipinski definition) is 4. The van der Waals surface area contributed by atoms with Crippen LogP contribution in [-0.2, 0) is 17.9 Å². The Hall–Kier alpha value is -3.58. The van der Waals surface area contributed by atoms with Gasteiger partial charge in [0.1, 0.15) is 12.4 Å². The number of carbonyl (C=O) groups excluding carboxylic acids is 1. The van der Waals surface area contributed by atoms with Crippen molar-refractivity contribution in [2.75, 3.05) is 26.2 Å². The van der Waals surface area contributed by atoms with Crippen molar-refractivity contribution < 1.29 is 9.18 Å². The molecule has 1 saturated heterocycles. The molecule has 1 aliphatic rings. The minimum atomic E-state index is -0.216. The summed E-state index contributed by atoms with van der Waals surface area (Å²) in [5.74, 6) is -0.176. The van der Waals surface area contributed by atoms with Crippen molar-refractivity contribution in [2.45, 2.75) is 26.9 Å². The quantitative estimate of drug-likeness (QED) is 0.451. The summed E-state index contributed by atoms with van der Waals surface area (Å²) in [6.45, 7) is 7.71. The maximum absolute atomic E-state index is 13.5. The molecule has 0 spiro atoms. The number of carbonyl (C=O) groups is 1. The van der Waals surface area contributed by atoms with Crippen LogP contribution in [0.25, 0.3) is 22.2 Å². The number of nitrogens with zero attached hydrogens (tertiary/aromatic N) is 5. The van der Waals surface area contributed by atoms with E-state index in [-0.39, 0.29) is 18.3 Å². The second-order valence-corrected chi connectivity index (χ2v) is 8.95. The largest absolute Gasteiger partial charge is 0.339 e. The van der Waals surface area contributed by atoms with Crippen LogP contribution in [0.15, 0.2) is 60.8 Å². The van der Waals surface area contributed by atoms with Gasteiger partial charge < -0.3 is 4.90 Å². The van der Waals surface area contributed by atoms with Crippen molar-refractivity contribution in [1.82, 2.24) is 24.6 Å². The molecular formula is C27H28FN5O. The van der Waals surface area contributed by atoms with Crippen molar-refractivity contribution in [1.29, 1.82) is 0 Å². The average molecular weight is 458 g/mol. The van der Waals surface area contributed by atoms with Gasteiger partial charge in [0.25, 0.3) is 0 Å². The lowest BCUT2D eigenvalue weighted by atomic mass is 10.0. The summed E-state index contributed by atoms with van der Waals surface area (Å²) in [5.41, 5.74) is 5.95. The lowest BCUT2D eigenvalue weighted by Crippen LogP contribution is -2.49. The highest BCUT2D eigenvalue weighted by atomic mass is 19.1. The first kappa shape index (κ1) is 22.2. The smallest absolute Gasteiger partial charge is 0.244 e. The summed E-state index contributed by atoms with van der Waals surface area (Å²) in [7, 11) is 0. The molecule has 5 rings (SSSR count). The van der Waals surface area contributed by atoms with Crippen molar-refractivity contribution in [3.8, 4) is 11.1 Å². The van der Waals surface area contributed by atoms with Crippen molar-refractivity contribution in [3.63, 3.8) is 0 Å². The van der Waals surface area contributed by atoms with Gasteiger partial charge in [0.15, 0.2) is 5.65 Å². The van der Waals surface area contributed by atoms with Crippen LogP contribution in [0.4, 0.5) is 4.39 Å². The Morgan fingerprint density at radius 1 is 1.00 bits per heavy atom. The number of aryl methyl sites for hydroxylation is 2. The van der Waals surface area contributed by atoms with Crippen LogP contribution in [-0.4, -0.2) is 56.7 Å². The fourth-order valence-electron chi connectivity index (χ4n) is 4.64. The van der Waals surface area contributed by atoms with Crippen LogP contribution in [0.3, 0.4) is 0 Å². The third kappa shape index (κ3) is 4.56. The van der Waals surface area contributed by atoms with Crippen LogP contribution in [0, 0.1) is 19.7 Å². The molecule has 1 aliphatic heterocycles. The molecule has 0 N–H and O–H groups in total. The van der Waals surface area contributed by atoms with Crippen molar-refractivity contribution >= 4 is 16.9 Å². The molecule has 1 fully saturated rings. The zero-order valence-electron chi connectivity index (χ0n) is 19.5. The van der Waals surface area contributed by atoms with Crippen molar-refractivity contribution in [3.05, 3.63) is 83.4 Å². The molecule has 0 aliphatic carbocycles. The van der Waals surface area contributed by atoms with Crippen LogP contribution in [0.2, 0.25) is 0 Å². The van der Waals surface area contributed by atoms with Crippen LogP contribution in [0.1, 0.15) is 16.8 Å². The standard InChI is InChI=1S/C27H28FN5O/c1-19-6-8-22(9-7-19)24-10-11-29-27-26(24)20(2)30-33(27)18-25(34)32-14-12-31(13-15-32)17-21-4-3-5-23(28)16-21/h3-11,16H,12-15,17-18H2,1-2H3. The molecule has 4 aromatic rings. The summed E-state index contributed by atoms with van der Waals surface area (Å²) >= 11 is 0. The maximum Gasteiger partial charge on any atom is 0.244 e. The third-order valence-corrected chi connectivity index (χ3v) is 6.48. The second-order valence-electron chi connectivity index (χ2n) is 8.95. The van der Waals surface area contributed by atoms with Gasteiger partial charge in [-0.1, -0.05) is 42.0 Å². The van der Waals surface area contributed by atoms with Gasteiger partial charge in [0.2, 0.25) is 5.91 Å². The predicted molar refractivity (Wildman–Crippen MR) is 131 cm³/mol. The Balaban J connectivity index is 1.28. The Labute approximate surface area is 198 Å². The monoisotopic (exact) mass is 457 g/mol. The van der Waals surface area contributed by atoms with E-state index in [0.717, 1.165) is 46.5 Å². The van der Waals surface area contributed by atoms with Gasteiger partial charge in [0.05, 0.1) is 5.69 Å². The lowest BCUT2D eigenvalue weighted by Gasteiger charge is -2.34. The fourth-order valence-corrected chi connectivity index (χ4v) is 4.64. The number of hydrogen-bond donors (Lipinski definition) is 0. The molecule has 34 heavy (non-hydrogen) atoms. The minimum absolute atomic E-state index is 0.0392. The van der Waals surface area contributed by atoms with E-state index in [1.165, 1.54) is 11.6 Å². The molecule has 2 aromatic carbocycles. The number of pyridine rings is 1. The molecule has 2 aromatic heterocycles. The first-order chi connectivity index (χ1) is 16.5.